The molecule has 0 aromatic heterocycles. The Labute approximate surface area is 176 Å². The summed E-state index contributed by atoms with van der Waals surface area (Å²) in [6.45, 7) is 2.53. The van der Waals surface area contributed by atoms with Crippen molar-refractivity contribution in [3.05, 3.63) is 53.0 Å². The van der Waals surface area contributed by atoms with Crippen molar-refractivity contribution < 1.29 is 14.3 Å². The Morgan fingerprint density at radius 3 is 2.54 bits per heavy atom. The maximum Gasteiger partial charge on any atom is 0.242 e. The molecule has 146 valence electrons. The fourth-order valence-electron chi connectivity index (χ4n) is 2.60. The van der Waals surface area contributed by atoms with Crippen LogP contribution in [0, 0.1) is 0 Å². The zero-order valence-corrected chi connectivity index (χ0v) is 17.9. The quantitative estimate of drug-likeness (QED) is 0.689. The molecule has 0 aliphatic carbocycles. The number of anilines is 1. The number of thioether (sulfide) groups is 1. The van der Waals surface area contributed by atoms with Crippen LogP contribution in [0.5, 0.6) is 5.75 Å². The first-order valence-electron chi connectivity index (χ1n) is 8.77. The van der Waals surface area contributed by atoms with Gasteiger partial charge in [-0.3, -0.25) is 14.5 Å². The lowest BCUT2D eigenvalue weighted by Crippen LogP contribution is -2.30. The molecule has 0 radical (unpaired) electrons. The van der Waals surface area contributed by atoms with Gasteiger partial charge in [0.2, 0.25) is 11.8 Å². The number of aliphatic imine (C=N–C) groups is 1. The highest BCUT2D eigenvalue weighted by Crippen LogP contribution is 2.31. The number of carbonyl (C=O) groups is 2. The highest BCUT2D eigenvalue weighted by Gasteiger charge is 2.37. The minimum Gasteiger partial charge on any atom is -0.494 e. The number of nitrogens with one attached hydrogen (secondary N) is 1. The molecule has 1 heterocycles. The van der Waals surface area contributed by atoms with E-state index in [2.05, 4.69) is 26.2 Å². The number of carbonyl (C=O) groups excluding carboxylic acids is 2. The Bertz CT molecular complexity index is 885. The van der Waals surface area contributed by atoms with Gasteiger partial charge in [0.1, 0.15) is 11.0 Å². The lowest BCUT2D eigenvalue weighted by Gasteiger charge is -2.09. The van der Waals surface area contributed by atoms with Gasteiger partial charge >= 0.3 is 0 Å². The number of ether oxygens (including phenoxy) is 1. The first-order chi connectivity index (χ1) is 13.5. The third kappa shape index (κ3) is 5.14. The first-order valence-corrected chi connectivity index (χ1v) is 10.4. The molecule has 6 nitrogen and oxygen atoms in total. The van der Waals surface area contributed by atoms with Crippen LogP contribution in [-0.2, 0) is 9.59 Å². The van der Waals surface area contributed by atoms with Gasteiger partial charge in [-0.1, -0.05) is 27.7 Å². The zero-order chi connectivity index (χ0) is 20.1. The average Bonchev–Trinajstić information content (AvgIpc) is 2.93. The summed E-state index contributed by atoms with van der Waals surface area (Å²) in [5.41, 5.74) is 1.42. The predicted octanol–water partition coefficient (Wildman–Crippen LogP) is 4.44. The zero-order valence-electron chi connectivity index (χ0n) is 15.5. The van der Waals surface area contributed by atoms with Crippen LogP contribution in [0.3, 0.4) is 0 Å². The molecule has 2 aromatic carbocycles. The second-order valence-corrected chi connectivity index (χ2v) is 8.17. The summed E-state index contributed by atoms with van der Waals surface area (Å²) in [5.74, 6) is 0.446. The summed E-state index contributed by atoms with van der Waals surface area (Å²) in [6.07, 6.45) is 0.0895. The van der Waals surface area contributed by atoms with Crippen LogP contribution >= 0.6 is 27.7 Å². The fraction of sp³-hybridized carbons (Fsp3) is 0.250. The van der Waals surface area contributed by atoms with E-state index in [0.29, 0.717) is 17.5 Å². The lowest BCUT2D eigenvalue weighted by atomic mass is 10.2. The van der Waals surface area contributed by atoms with Crippen LogP contribution in [0.4, 0.5) is 11.4 Å². The average molecular weight is 462 g/mol. The molecule has 28 heavy (non-hydrogen) atoms. The van der Waals surface area contributed by atoms with Crippen LogP contribution in [0.15, 0.2) is 58.0 Å². The standard InChI is InChI=1S/C20H20BrN3O3S/c1-3-27-16-10-8-15(9-11-16)23-20-24(2)19(26)17(28-20)12-18(25)22-14-6-4-13(21)5-7-14/h4-11,17H,3,12H2,1-2H3,(H,22,25)/t17-/m1/s1. The molecule has 0 spiro atoms. The molecule has 2 amide bonds. The van der Waals surface area contributed by atoms with Gasteiger partial charge in [0.15, 0.2) is 5.17 Å². The van der Waals surface area contributed by atoms with Crippen molar-refractivity contribution in [2.45, 2.75) is 18.6 Å². The highest BCUT2D eigenvalue weighted by molar-refractivity contribution is 9.10. The van der Waals surface area contributed by atoms with E-state index in [-0.39, 0.29) is 18.2 Å². The second-order valence-electron chi connectivity index (χ2n) is 6.08. The van der Waals surface area contributed by atoms with Crippen LogP contribution in [0.25, 0.3) is 0 Å². The Morgan fingerprint density at radius 1 is 1.21 bits per heavy atom. The van der Waals surface area contributed by atoms with E-state index < -0.39 is 5.25 Å². The normalized spacial score (nSPS) is 17.8. The van der Waals surface area contributed by atoms with Crippen molar-refractivity contribution in [3.63, 3.8) is 0 Å². The van der Waals surface area contributed by atoms with E-state index in [0.717, 1.165) is 15.9 Å². The Hall–Kier alpha value is -2.32. The van der Waals surface area contributed by atoms with E-state index >= 15 is 0 Å². The maximum absolute atomic E-state index is 12.5. The van der Waals surface area contributed by atoms with E-state index in [1.165, 1.54) is 16.7 Å². The number of hydrogen-bond donors (Lipinski definition) is 1. The van der Waals surface area contributed by atoms with Gasteiger partial charge in [0, 0.05) is 23.6 Å². The van der Waals surface area contributed by atoms with E-state index in [1.54, 1.807) is 19.2 Å². The Kier molecular flexibility index (Phi) is 6.74. The fourth-order valence-corrected chi connectivity index (χ4v) is 4.02. The molecular formula is C20H20BrN3O3S. The molecule has 1 atom stereocenters. The van der Waals surface area contributed by atoms with Crippen LogP contribution in [0.1, 0.15) is 13.3 Å². The van der Waals surface area contributed by atoms with Crippen LogP contribution < -0.4 is 10.1 Å². The van der Waals surface area contributed by atoms with Crippen LogP contribution in [-0.4, -0.2) is 40.8 Å². The molecule has 0 bridgehead atoms. The van der Waals surface area contributed by atoms with Crippen molar-refractivity contribution in [2.75, 3.05) is 19.0 Å². The number of amides is 2. The van der Waals surface area contributed by atoms with E-state index in [9.17, 15) is 9.59 Å². The number of benzene rings is 2. The van der Waals surface area contributed by atoms with Gasteiger partial charge in [-0.05, 0) is 55.5 Å². The van der Waals surface area contributed by atoms with Gasteiger partial charge in [0.25, 0.3) is 0 Å². The third-order valence-corrected chi connectivity index (χ3v) is 5.77. The van der Waals surface area contributed by atoms with Crippen molar-refractivity contribution in [3.8, 4) is 5.75 Å². The monoisotopic (exact) mass is 461 g/mol. The minimum atomic E-state index is -0.484. The summed E-state index contributed by atoms with van der Waals surface area (Å²) in [4.78, 5) is 30.8. The molecule has 0 unspecified atom stereocenters. The number of rotatable bonds is 6. The molecule has 0 saturated carbocycles. The Balaban J connectivity index is 1.63. The van der Waals surface area contributed by atoms with Gasteiger partial charge in [-0.25, -0.2) is 4.99 Å². The molecule has 3 rings (SSSR count). The van der Waals surface area contributed by atoms with Gasteiger partial charge in [-0.2, -0.15) is 0 Å². The molecule has 1 N–H and O–H groups in total. The molecule has 1 aliphatic rings. The topological polar surface area (TPSA) is 71.0 Å². The number of amidine groups is 1. The van der Waals surface area contributed by atoms with Crippen molar-refractivity contribution in [1.29, 1.82) is 0 Å². The summed E-state index contributed by atoms with van der Waals surface area (Å²) in [6, 6.07) is 14.7. The summed E-state index contributed by atoms with van der Waals surface area (Å²) >= 11 is 4.66. The van der Waals surface area contributed by atoms with Crippen molar-refractivity contribution in [1.82, 2.24) is 4.90 Å². The number of hydrogen-bond acceptors (Lipinski definition) is 5. The van der Waals surface area contributed by atoms with Crippen LogP contribution in [0.2, 0.25) is 0 Å². The molecule has 1 aliphatic heterocycles. The lowest BCUT2D eigenvalue weighted by molar-refractivity contribution is -0.127. The minimum absolute atomic E-state index is 0.0895. The summed E-state index contributed by atoms with van der Waals surface area (Å²) in [7, 11) is 1.68. The van der Waals surface area contributed by atoms with E-state index in [4.69, 9.17) is 4.74 Å². The van der Waals surface area contributed by atoms with Gasteiger partial charge in [-0.15, -0.1) is 0 Å². The molecular weight excluding hydrogens is 442 g/mol. The van der Waals surface area contributed by atoms with Gasteiger partial charge in [0.05, 0.1) is 12.3 Å². The maximum atomic E-state index is 12.5. The first kappa shape index (κ1) is 20.4. The largest absolute Gasteiger partial charge is 0.494 e. The van der Waals surface area contributed by atoms with E-state index in [1.807, 2.05) is 43.3 Å². The molecule has 2 aromatic rings. The highest BCUT2D eigenvalue weighted by atomic mass is 79.9. The Morgan fingerprint density at radius 2 is 1.89 bits per heavy atom. The summed E-state index contributed by atoms with van der Waals surface area (Å²) < 4.78 is 6.35. The summed E-state index contributed by atoms with van der Waals surface area (Å²) in [5, 5.41) is 2.91. The molecule has 8 heteroatoms. The number of nitrogens with zero attached hydrogens (tertiary/aromatic N) is 2. The molecule has 1 fully saturated rings. The number of halogens is 1. The third-order valence-electron chi connectivity index (χ3n) is 4.01. The van der Waals surface area contributed by atoms with Crippen molar-refractivity contribution in [2.24, 2.45) is 4.99 Å². The smallest absolute Gasteiger partial charge is 0.242 e. The predicted molar refractivity (Wildman–Crippen MR) is 116 cm³/mol. The second kappa shape index (κ2) is 9.25. The van der Waals surface area contributed by atoms with Gasteiger partial charge < -0.3 is 10.1 Å². The SMILES string of the molecule is CCOc1ccc(N=C2S[C@H](CC(=O)Nc3ccc(Br)cc3)C(=O)N2C)cc1. The molecule has 1 saturated heterocycles. The van der Waals surface area contributed by atoms with Crippen molar-refractivity contribution >= 4 is 56.0 Å².